The van der Waals surface area contributed by atoms with Crippen molar-refractivity contribution in [1.82, 2.24) is 5.43 Å². The highest BCUT2D eigenvalue weighted by molar-refractivity contribution is 5.79. The van der Waals surface area contributed by atoms with Gasteiger partial charge in [0.05, 0.1) is 19.8 Å². The van der Waals surface area contributed by atoms with Gasteiger partial charge in [-0.15, -0.1) is 0 Å². The predicted molar refractivity (Wildman–Crippen MR) is 49.1 cm³/mol. The maximum atomic E-state index is 10.8. The van der Waals surface area contributed by atoms with E-state index in [2.05, 4.69) is 5.43 Å². The Hall–Kier alpha value is -0.490. The van der Waals surface area contributed by atoms with Crippen molar-refractivity contribution in [3.05, 3.63) is 0 Å². The average Bonchev–Trinajstić information content (AvgIpc) is 2.16. The Morgan fingerprint density at radius 3 is 2.62 bits per heavy atom. The molecule has 0 bridgehead atoms. The number of hydrogen-bond acceptors (Lipinski definition) is 5. The lowest BCUT2D eigenvalue weighted by molar-refractivity contribution is -0.123. The minimum atomic E-state index is 0.114. The summed E-state index contributed by atoms with van der Waals surface area (Å²) >= 11 is 0. The first kappa shape index (κ1) is 12.5. The molecule has 0 aromatic rings. The number of carbonyl (C=O) groups is 1. The molecule has 0 radical (unpaired) electrons. The number of hydrogen-bond donors (Lipinski definition) is 2. The lowest BCUT2D eigenvalue weighted by atomic mass is 10.3. The molecule has 0 aromatic carbocycles. The van der Waals surface area contributed by atoms with Gasteiger partial charge in [0.25, 0.3) is 0 Å². The minimum Gasteiger partial charge on any atom is -0.378 e. The molecule has 5 nitrogen and oxygen atoms in total. The molecule has 3 N–H and O–H groups in total. The van der Waals surface area contributed by atoms with Gasteiger partial charge in [0.1, 0.15) is 6.61 Å². The molecule has 0 aliphatic heterocycles. The second-order valence-electron chi connectivity index (χ2n) is 2.51. The van der Waals surface area contributed by atoms with Gasteiger partial charge in [-0.3, -0.25) is 16.1 Å². The monoisotopic (exact) mass is 190 g/mol. The number of ether oxygens (including phenoxy) is 2. The van der Waals surface area contributed by atoms with Crippen LogP contribution in [0.3, 0.4) is 0 Å². The van der Waals surface area contributed by atoms with Crippen LogP contribution in [-0.4, -0.2) is 38.8 Å². The summed E-state index contributed by atoms with van der Waals surface area (Å²) in [6, 6.07) is 0. The van der Waals surface area contributed by atoms with Crippen LogP contribution >= 0.6 is 0 Å². The van der Waals surface area contributed by atoms with E-state index in [9.17, 15) is 4.79 Å². The number of hydrazine groups is 1. The highest BCUT2D eigenvalue weighted by Gasteiger charge is 1.96. The second-order valence-corrected chi connectivity index (χ2v) is 2.51. The fraction of sp³-hybridized carbons (Fsp3) is 0.875. The fourth-order valence-corrected chi connectivity index (χ4v) is 0.639. The number of carbonyl (C=O) groups excluding carboxylic acids is 1. The molecule has 13 heavy (non-hydrogen) atoms. The van der Waals surface area contributed by atoms with Crippen LogP contribution in [-0.2, 0) is 14.3 Å². The van der Waals surface area contributed by atoms with Crippen LogP contribution in [0.2, 0.25) is 0 Å². The van der Waals surface area contributed by atoms with Crippen LogP contribution in [0.25, 0.3) is 0 Å². The molecule has 0 amide bonds. The first-order valence-corrected chi connectivity index (χ1v) is 4.42. The average molecular weight is 190 g/mol. The SMILES string of the molecule is CCC(=O)COCCOCCNN. The number of nitrogens with two attached hydrogens (primary N) is 1. The van der Waals surface area contributed by atoms with Crippen molar-refractivity contribution in [3.8, 4) is 0 Å². The van der Waals surface area contributed by atoms with E-state index >= 15 is 0 Å². The largest absolute Gasteiger partial charge is 0.378 e. The number of ketones is 1. The van der Waals surface area contributed by atoms with Crippen molar-refractivity contribution in [1.29, 1.82) is 0 Å². The molecule has 0 fully saturated rings. The van der Waals surface area contributed by atoms with Gasteiger partial charge in [-0.1, -0.05) is 6.92 Å². The van der Waals surface area contributed by atoms with E-state index in [-0.39, 0.29) is 12.4 Å². The normalized spacial score (nSPS) is 10.3. The van der Waals surface area contributed by atoms with Gasteiger partial charge < -0.3 is 9.47 Å². The molecular weight excluding hydrogens is 172 g/mol. The smallest absolute Gasteiger partial charge is 0.158 e. The van der Waals surface area contributed by atoms with Gasteiger partial charge in [0.15, 0.2) is 5.78 Å². The topological polar surface area (TPSA) is 73.6 Å². The third kappa shape index (κ3) is 9.42. The van der Waals surface area contributed by atoms with Gasteiger partial charge in [0.2, 0.25) is 0 Å². The summed E-state index contributed by atoms with van der Waals surface area (Å²) in [5, 5.41) is 0. The summed E-state index contributed by atoms with van der Waals surface area (Å²) < 4.78 is 10.2. The molecule has 0 aliphatic rings. The summed E-state index contributed by atoms with van der Waals surface area (Å²) in [6.45, 7) is 4.13. The molecule has 0 aromatic heterocycles. The molecule has 78 valence electrons. The molecule has 0 saturated carbocycles. The first-order chi connectivity index (χ1) is 6.31. The summed E-state index contributed by atoms with van der Waals surface area (Å²) in [4.78, 5) is 10.8. The van der Waals surface area contributed by atoms with Crippen LogP contribution in [0, 0.1) is 0 Å². The van der Waals surface area contributed by atoms with E-state index in [1.807, 2.05) is 6.92 Å². The Bertz CT molecular complexity index is 131. The Kier molecular flexibility index (Phi) is 9.24. The minimum absolute atomic E-state index is 0.114. The van der Waals surface area contributed by atoms with Crippen LogP contribution in [0.4, 0.5) is 0 Å². The molecular formula is C8H18N2O3. The zero-order valence-corrected chi connectivity index (χ0v) is 8.04. The molecule has 0 aliphatic carbocycles. The number of Topliss-reactive ketones (excluding diaryl/α,β-unsaturated/α-hetero) is 1. The Morgan fingerprint density at radius 2 is 2.00 bits per heavy atom. The van der Waals surface area contributed by atoms with Gasteiger partial charge in [-0.25, -0.2) is 0 Å². The third-order valence-corrected chi connectivity index (χ3v) is 1.42. The fourth-order valence-electron chi connectivity index (χ4n) is 0.639. The molecule has 0 saturated heterocycles. The summed E-state index contributed by atoms with van der Waals surface area (Å²) in [7, 11) is 0. The third-order valence-electron chi connectivity index (χ3n) is 1.42. The van der Waals surface area contributed by atoms with Gasteiger partial charge in [-0.05, 0) is 0 Å². The lowest BCUT2D eigenvalue weighted by Crippen LogP contribution is -2.26. The Labute approximate surface area is 78.5 Å². The van der Waals surface area contributed by atoms with Crippen molar-refractivity contribution < 1.29 is 14.3 Å². The summed E-state index contributed by atoms with van der Waals surface area (Å²) in [6.07, 6.45) is 0.526. The number of nitrogens with one attached hydrogen (secondary N) is 1. The quantitative estimate of drug-likeness (QED) is 0.290. The van der Waals surface area contributed by atoms with Crippen molar-refractivity contribution in [2.45, 2.75) is 13.3 Å². The first-order valence-electron chi connectivity index (χ1n) is 4.42. The van der Waals surface area contributed by atoms with E-state index in [1.165, 1.54) is 0 Å². The predicted octanol–water partition coefficient (Wildman–Crippen LogP) is -0.538. The van der Waals surface area contributed by atoms with Gasteiger partial charge in [-0.2, -0.15) is 0 Å². The Morgan fingerprint density at radius 1 is 1.31 bits per heavy atom. The highest BCUT2D eigenvalue weighted by atomic mass is 16.5. The molecule has 0 spiro atoms. The summed E-state index contributed by atoms with van der Waals surface area (Å²) in [5.74, 6) is 5.14. The number of rotatable bonds is 9. The van der Waals surface area contributed by atoms with Crippen LogP contribution < -0.4 is 11.3 Å². The molecule has 0 rings (SSSR count). The summed E-state index contributed by atoms with van der Waals surface area (Å²) in [5.41, 5.74) is 2.47. The lowest BCUT2D eigenvalue weighted by Gasteiger charge is -2.04. The standard InChI is InChI=1S/C8H18N2O3/c1-2-8(11)7-13-6-5-12-4-3-10-9/h10H,2-7,9H2,1H3. The van der Waals surface area contributed by atoms with Crippen molar-refractivity contribution in [2.24, 2.45) is 5.84 Å². The molecule has 5 heteroatoms. The highest BCUT2D eigenvalue weighted by Crippen LogP contribution is 1.83. The van der Waals surface area contributed by atoms with Crippen LogP contribution in [0.15, 0.2) is 0 Å². The Balaban J connectivity index is 2.95. The van der Waals surface area contributed by atoms with E-state index < -0.39 is 0 Å². The molecule has 0 unspecified atom stereocenters. The molecule has 0 heterocycles. The van der Waals surface area contributed by atoms with Crippen LogP contribution in [0.1, 0.15) is 13.3 Å². The van der Waals surface area contributed by atoms with Crippen molar-refractivity contribution >= 4 is 5.78 Å². The maximum Gasteiger partial charge on any atom is 0.158 e. The van der Waals surface area contributed by atoms with Crippen molar-refractivity contribution in [3.63, 3.8) is 0 Å². The zero-order valence-electron chi connectivity index (χ0n) is 8.04. The van der Waals surface area contributed by atoms with Gasteiger partial charge >= 0.3 is 0 Å². The maximum absolute atomic E-state index is 10.8. The van der Waals surface area contributed by atoms with Crippen LogP contribution in [0.5, 0.6) is 0 Å². The van der Waals surface area contributed by atoms with E-state index in [0.717, 1.165) is 0 Å². The van der Waals surface area contributed by atoms with E-state index in [1.54, 1.807) is 0 Å². The van der Waals surface area contributed by atoms with Gasteiger partial charge in [0, 0.05) is 13.0 Å². The van der Waals surface area contributed by atoms with E-state index in [4.69, 9.17) is 15.3 Å². The molecule has 0 atom stereocenters. The second kappa shape index (κ2) is 9.60. The van der Waals surface area contributed by atoms with Crippen molar-refractivity contribution in [2.75, 3.05) is 33.0 Å². The van der Waals surface area contributed by atoms with E-state index in [0.29, 0.717) is 32.8 Å². The zero-order chi connectivity index (χ0) is 9.94.